The molecule has 0 aliphatic heterocycles. The third-order valence-electron chi connectivity index (χ3n) is 11.7. The van der Waals surface area contributed by atoms with Crippen LogP contribution in [-0.4, -0.2) is 62.5 Å². The van der Waals surface area contributed by atoms with Crippen molar-refractivity contribution in [2.75, 3.05) is 26.4 Å². The topological polar surface area (TPSA) is 124 Å². The quantitative estimate of drug-likeness (QED) is 0.0216. The second kappa shape index (κ2) is 29.4. The van der Waals surface area contributed by atoms with E-state index < -0.39 is 24.1 Å². The van der Waals surface area contributed by atoms with E-state index in [9.17, 15) is 19.2 Å². The third kappa shape index (κ3) is 18.4. The maximum Gasteiger partial charge on any atom is 0.338 e. The molecule has 5 rings (SSSR count). The minimum absolute atomic E-state index is 0.358. The van der Waals surface area contributed by atoms with Gasteiger partial charge < -0.3 is 28.4 Å². The molecule has 1 aliphatic carbocycles. The second-order valence-electron chi connectivity index (χ2n) is 16.8. The molecule has 2 atom stereocenters. The molecule has 0 heterocycles. The Labute approximate surface area is 391 Å². The average Bonchev–Trinajstić information content (AvgIpc) is 3.35. The van der Waals surface area contributed by atoms with Crippen molar-refractivity contribution in [2.45, 2.75) is 128 Å². The minimum atomic E-state index is -0.521. The van der Waals surface area contributed by atoms with Crippen molar-refractivity contribution in [3.05, 3.63) is 133 Å². The fraction of sp³-hybridized carbons (Fsp3) is 0.429. The van der Waals surface area contributed by atoms with Crippen LogP contribution in [0.2, 0.25) is 0 Å². The van der Waals surface area contributed by atoms with Gasteiger partial charge in [-0.25, -0.2) is 19.2 Å². The van der Waals surface area contributed by atoms with Crippen LogP contribution >= 0.6 is 0 Å². The lowest BCUT2D eigenvalue weighted by Crippen LogP contribution is -2.37. The fourth-order valence-corrected chi connectivity index (χ4v) is 7.85. The molecule has 66 heavy (non-hydrogen) atoms. The van der Waals surface area contributed by atoms with E-state index in [0.29, 0.717) is 50.4 Å². The zero-order valence-corrected chi connectivity index (χ0v) is 38.6. The Kier molecular flexibility index (Phi) is 22.6. The smallest absolute Gasteiger partial charge is 0.338 e. The summed E-state index contributed by atoms with van der Waals surface area (Å²) in [5.74, 6) is 0.0647. The van der Waals surface area contributed by atoms with Gasteiger partial charge >= 0.3 is 23.9 Å². The summed E-state index contributed by atoms with van der Waals surface area (Å²) in [6.45, 7) is 9.05. The molecular formula is C56H68O10. The average molecular weight is 901 g/mol. The van der Waals surface area contributed by atoms with Crippen LogP contribution in [0, 0.1) is 0 Å². The minimum Gasteiger partial charge on any atom is -0.494 e. The van der Waals surface area contributed by atoms with Gasteiger partial charge in [-0.15, -0.1) is 0 Å². The Bertz CT molecular complexity index is 1920. The van der Waals surface area contributed by atoms with E-state index in [1.54, 1.807) is 24.3 Å². The summed E-state index contributed by atoms with van der Waals surface area (Å²) in [6.07, 6.45) is 19.4. The van der Waals surface area contributed by atoms with Gasteiger partial charge in [0.25, 0.3) is 0 Å². The molecule has 4 aromatic carbocycles. The molecule has 10 heteroatoms. The van der Waals surface area contributed by atoms with Crippen molar-refractivity contribution in [3.63, 3.8) is 0 Å². The molecule has 1 aliphatic rings. The van der Waals surface area contributed by atoms with E-state index in [-0.39, 0.29) is 11.9 Å². The van der Waals surface area contributed by atoms with Crippen molar-refractivity contribution in [1.82, 2.24) is 0 Å². The Morgan fingerprint density at radius 2 is 0.697 bits per heavy atom. The highest BCUT2D eigenvalue weighted by atomic mass is 16.6. The summed E-state index contributed by atoms with van der Waals surface area (Å²) >= 11 is 0. The summed E-state index contributed by atoms with van der Waals surface area (Å²) in [5, 5.41) is 0. The zero-order valence-electron chi connectivity index (χ0n) is 38.6. The number of carbonyl (C=O) groups is 4. The van der Waals surface area contributed by atoms with Gasteiger partial charge in [0.05, 0.1) is 37.6 Å². The van der Waals surface area contributed by atoms with Crippen molar-refractivity contribution in [2.24, 2.45) is 0 Å². The Morgan fingerprint density at radius 3 is 1.02 bits per heavy atom. The van der Waals surface area contributed by atoms with Crippen LogP contribution in [0.25, 0.3) is 22.3 Å². The summed E-state index contributed by atoms with van der Waals surface area (Å²) in [7, 11) is 0. The lowest BCUT2D eigenvalue weighted by Gasteiger charge is -2.30. The van der Waals surface area contributed by atoms with Crippen LogP contribution in [0.15, 0.2) is 122 Å². The van der Waals surface area contributed by atoms with Crippen molar-refractivity contribution in [3.8, 4) is 33.8 Å². The molecule has 352 valence electrons. The molecule has 0 amide bonds. The molecule has 0 bridgehead atoms. The number of benzene rings is 4. The molecule has 0 N–H and O–H groups in total. The molecule has 0 spiro atoms. The number of hydrogen-bond acceptors (Lipinski definition) is 10. The highest BCUT2D eigenvalue weighted by Gasteiger charge is 2.32. The molecule has 4 aromatic rings. The number of unbranched alkanes of at least 4 members (excludes halogenated alkanes) is 12. The third-order valence-corrected chi connectivity index (χ3v) is 11.7. The first-order valence-electron chi connectivity index (χ1n) is 24.0. The summed E-state index contributed by atoms with van der Waals surface area (Å²) < 4.78 is 33.9. The van der Waals surface area contributed by atoms with Gasteiger partial charge in [0.1, 0.15) is 23.7 Å². The highest BCUT2D eigenvalue weighted by molar-refractivity contribution is 5.91. The second-order valence-corrected chi connectivity index (χ2v) is 16.8. The van der Waals surface area contributed by atoms with E-state index >= 15 is 0 Å². The predicted octanol–water partition coefficient (Wildman–Crippen LogP) is 13.0. The zero-order chi connectivity index (χ0) is 46.6. The Hall–Kier alpha value is -6.16. The van der Waals surface area contributed by atoms with Crippen molar-refractivity contribution < 1.29 is 47.6 Å². The number of carbonyl (C=O) groups excluding carboxylic acids is 4. The SMILES string of the molecule is C=CC(=O)OCCCCCCCCCOc1ccc(-c2ccc(C(=O)O[C@@H]3CCCC[C@H]3OC(=O)c3ccc(-c4ccc(OCCCCCCCCCOC(=O)C=C)cc4)cc3)cc2)cc1. The fourth-order valence-electron chi connectivity index (χ4n) is 7.85. The maximum atomic E-state index is 13.3. The van der Waals surface area contributed by atoms with E-state index in [1.807, 2.05) is 72.8 Å². The lowest BCUT2D eigenvalue weighted by atomic mass is 9.94. The molecule has 1 saturated carbocycles. The number of rotatable bonds is 30. The number of hydrogen-bond donors (Lipinski definition) is 0. The van der Waals surface area contributed by atoms with Crippen molar-refractivity contribution in [1.29, 1.82) is 0 Å². The summed E-state index contributed by atoms with van der Waals surface area (Å²) in [6, 6.07) is 30.7. The first-order chi connectivity index (χ1) is 32.3. The van der Waals surface area contributed by atoms with E-state index in [0.717, 1.165) is 136 Å². The first kappa shape index (κ1) is 50.8. The number of ether oxygens (including phenoxy) is 6. The molecule has 0 saturated heterocycles. The van der Waals surface area contributed by atoms with Crippen LogP contribution in [0.4, 0.5) is 0 Å². The van der Waals surface area contributed by atoms with Gasteiger partial charge in [0.15, 0.2) is 0 Å². The molecular weight excluding hydrogens is 833 g/mol. The Balaban J connectivity index is 0.971. The first-order valence-corrected chi connectivity index (χ1v) is 24.0. The van der Waals surface area contributed by atoms with Gasteiger partial charge in [-0.05, 0) is 122 Å². The monoisotopic (exact) mass is 900 g/mol. The van der Waals surface area contributed by atoms with Crippen LogP contribution in [-0.2, 0) is 28.5 Å². The van der Waals surface area contributed by atoms with Crippen LogP contribution < -0.4 is 9.47 Å². The molecule has 1 fully saturated rings. The summed E-state index contributed by atoms with van der Waals surface area (Å²) in [5.41, 5.74) is 4.87. The van der Waals surface area contributed by atoms with Crippen LogP contribution in [0.1, 0.15) is 136 Å². The Morgan fingerprint density at radius 1 is 0.409 bits per heavy atom. The van der Waals surface area contributed by atoms with E-state index in [1.165, 1.54) is 12.2 Å². The standard InChI is InChI=1S/C56H68O10/c1-3-53(57)63-41-19-13-9-5-7-11-17-39-61-49-35-31-45(32-36-49)43-23-27-47(28-24-43)55(59)65-51-21-15-16-22-52(51)66-56(60)48-29-25-44(26-30-48)46-33-37-50(38-34-46)62-40-18-12-8-6-10-14-20-42-64-54(58)4-2/h3-4,23-38,51-52H,1-2,5-22,39-42H2/t51-,52-/m1/s1. The summed E-state index contributed by atoms with van der Waals surface area (Å²) in [4.78, 5) is 48.7. The predicted molar refractivity (Wildman–Crippen MR) is 259 cm³/mol. The van der Waals surface area contributed by atoms with Gasteiger partial charge in [0.2, 0.25) is 0 Å². The number of esters is 4. The molecule has 0 unspecified atom stereocenters. The largest absolute Gasteiger partial charge is 0.494 e. The van der Waals surface area contributed by atoms with Crippen molar-refractivity contribution >= 4 is 23.9 Å². The van der Waals surface area contributed by atoms with Gasteiger partial charge in [-0.3, -0.25) is 0 Å². The van der Waals surface area contributed by atoms with E-state index in [4.69, 9.17) is 28.4 Å². The normalized spacial score (nSPS) is 14.4. The van der Waals surface area contributed by atoms with Gasteiger partial charge in [-0.1, -0.05) is 126 Å². The molecule has 0 radical (unpaired) electrons. The maximum absolute atomic E-state index is 13.3. The van der Waals surface area contributed by atoms with Gasteiger partial charge in [-0.2, -0.15) is 0 Å². The highest BCUT2D eigenvalue weighted by Crippen LogP contribution is 2.29. The molecule has 0 aromatic heterocycles. The molecule has 10 nitrogen and oxygen atoms in total. The van der Waals surface area contributed by atoms with Crippen LogP contribution in [0.5, 0.6) is 11.5 Å². The van der Waals surface area contributed by atoms with Gasteiger partial charge in [0, 0.05) is 12.2 Å². The van der Waals surface area contributed by atoms with E-state index in [2.05, 4.69) is 13.2 Å². The lowest BCUT2D eigenvalue weighted by molar-refractivity contribution is -0.138. The van der Waals surface area contributed by atoms with Crippen LogP contribution in [0.3, 0.4) is 0 Å².